The van der Waals surface area contributed by atoms with Crippen molar-refractivity contribution in [1.29, 1.82) is 0 Å². The molecule has 0 bridgehead atoms. The number of amides is 1. The Morgan fingerprint density at radius 3 is 2.53 bits per heavy atom. The van der Waals surface area contributed by atoms with Crippen LogP contribution in [-0.2, 0) is 26.0 Å². The molecule has 2 heterocycles. The molecule has 0 saturated carbocycles. The lowest BCUT2D eigenvalue weighted by atomic mass is 10.1. The number of aryl methyl sites for hydroxylation is 1. The molecule has 1 unspecified atom stereocenters. The van der Waals surface area contributed by atoms with E-state index in [2.05, 4.69) is 5.32 Å². The van der Waals surface area contributed by atoms with Crippen LogP contribution in [0, 0.1) is 0 Å². The normalized spacial score (nSPS) is 17.1. The standard InChI is InChI=1S/C24H30N2O7S/c1-17(18-3-6-22-23(16-18)33-14-13-32-22)25-24(27)8-4-19-15-20(5-7-21(19)30-2)34(28,29)26-9-11-31-12-10-26/h3,5-7,15-17H,4,8-14H2,1-2H3,(H,25,27). The van der Waals surface area contributed by atoms with Gasteiger partial charge in [0.05, 0.1) is 31.3 Å². The second kappa shape index (κ2) is 10.6. The number of hydrogen-bond acceptors (Lipinski definition) is 7. The third-order valence-corrected chi connectivity index (χ3v) is 7.82. The second-order valence-electron chi connectivity index (χ2n) is 8.18. The monoisotopic (exact) mass is 490 g/mol. The minimum absolute atomic E-state index is 0.147. The van der Waals surface area contributed by atoms with E-state index in [0.717, 1.165) is 5.56 Å². The number of benzene rings is 2. The Morgan fingerprint density at radius 2 is 1.79 bits per heavy atom. The van der Waals surface area contributed by atoms with E-state index in [4.69, 9.17) is 18.9 Å². The maximum atomic E-state index is 13.0. The molecule has 4 rings (SSSR count). The van der Waals surface area contributed by atoms with Gasteiger partial charge in [-0.25, -0.2) is 8.42 Å². The van der Waals surface area contributed by atoms with Gasteiger partial charge in [0.25, 0.3) is 0 Å². The predicted molar refractivity (Wildman–Crippen MR) is 125 cm³/mol. The maximum Gasteiger partial charge on any atom is 0.243 e. The summed E-state index contributed by atoms with van der Waals surface area (Å²) in [4.78, 5) is 12.9. The fourth-order valence-corrected chi connectivity index (χ4v) is 5.48. The number of nitrogens with zero attached hydrogens (tertiary/aromatic N) is 1. The number of carbonyl (C=O) groups excluding carboxylic acids is 1. The molecule has 9 nitrogen and oxygen atoms in total. The van der Waals surface area contributed by atoms with Crippen LogP contribution in [0.3, 0.4) is 0 Å². The lowest BCUT2D eigenvalue weighted by Crippen LogP contribution is -2.40. The first kappa shape index (κ1) is 24.3. The van der Waals surface area contributed by atoms with Crippen molar-refractivity contribution in [3.8, 4) is 17.2 Å². The number of morpholine rings is 1. The highest BCUT2D eigenvalue weighted by Crippen LogP contribution is 2.32. The number of ether oxygens (including phenoxy) is 4. The molecule has 2 aliphatic heterocycles. The summed E-state index contributed by atoms with van der Waals surface area (Å²) in [5.41, 5.74) is 1.58. The molecule has 0 radical (unpaired) electrons. The van der Waals surface area contributed by atoms with Crippen molar-refractivity contribution < 1.29 is 32.2 Å². The summed E-state index contributed by atoms with van der Waals surface area (Å²) in [7, 11) is -2.11. The number of carbonyl (C=O) groups is 1. The maximum absolute atomic E-state index is 13.0. The van der Waals surface area contributed by atoms with E-state index >= 15 is 0 Å². The Labute approximate surface area is 200 Å². The first-order valence-electron chi connectivity index (χ1n) is 11.3. The fourth-order valence-electron chi connectivity index (χ4n) is 4.02. The first-order valence-corrected chi connectivity index (χ1v) is 12.8. The molecule has 0 spiro atoms. The van der Waals surface area contributed by atoms with Gasteiger partial charge in [0, 0.05) is 19.5 Å². The van der Waals surface area contributed by atoms with Crippen LogP contribution in [0.2, 0.25) is 0 Å². The van der Waals surface area contributed by atoms with E-state index in [1.165, 1.54) is 17.5 Å². The van der Waals surface area contributed by atoms with E-state index in [-0.39, 0.29) is 23.3 Å². The minimum Gasteiger partial charge on any atom is -0.496 e. The number of methoxy groups -OCH3 is 1. The zero-order valence-corrected chi connectivity index (χ0v) is 20.2. The highest BCUT2D eigenvalue weighted by Gasteiger charge is 2.27. The molecule has 2 aromatic carbocycles. The molecule has 1 fully saturated rings. The minimum atomic E-state index is -3.64. The summed E-state index contributed by atoms with van der Waals surface area (Å²) in [6.07, 6.45) is 0.529. The summed E-state index contributed by atoms with van der Waals surface area (Å²) >= 11 is 0. The Kier molecular flexibility index (Phi) is 7.60. The summed E-state index contributed by atoms with van der Waals surface area (Å²) < 4.78 is 49.3. The molecule has 0 aromatic heterocycles. The Hall–Kier alpha value is -2.82. The van der Waals surface area contributed by atoms with Crippen molar-refractivity contribution in [2.75, 3.05) is 46.6 Å². The number of rotatable bonds is 8. The number of hydrogen-bond donors (Lipinski definition) is 1. The third-order valence-electron chi connectivity index (χ3n) is 5.92. The first-order chi connectivity index (χ1) is 16.4. The van der Waals surface area contributed by atoms with Crippen LogP contribution in [0.4, 0.5) is 0 Å². The van der Waals surface area contributed by atoms with Crippen molar-refractivity contribution in [3.05, 3.63) is 47.5 Å². The average molecular weight is 491 g/mol. The zero-order valence-electron chi connectivity index (χ0n) is 19.4. The van der Waals surface area contributed by atoms with Gasteiger partial charge >= 0.3 is 0 Å². The predicted octanol–water partition coefficient (Wildman–Crippen LogP) is 2.30. The van der Waals surface area contributed by atoms with Gasteiger partial charge in [0.2, 0.25) is 15.9 Å². The average Bonchev–Trinajstić information content (AvgIpc) is 2.87. The van der Waals surface area contributed by atoms with Gasteiger partial charge in [0.1, 0.15) is 19.0 Å². The SMILES string of the molecule is COc1ccc(S(=O)(=O)N2CCOCC2)cc1CCC(=O)NC(C)c1ccc2c(c1)OCCO2. The number of nitrogens with one attached hydrogen (secondary N) is 1. The fraction of sp³-hybridized carbons (Fsp3) is 0.458. The Morgan fingerprint density at radius 1 is 1.06 bits per heavy atom. The largest absolute Gasteiger partial charge is 0.496 e. The third kappa shape index (κ3) is 5.45. The van der Waals surface area contributed by atoms with Crippen LogP contribution in [0.1, 0.15) is 30.5 Å². The quantitative estimate of drug-likeness (QED) is 0.606. The van der Waals surface area contributed by atoms with Crippen LogP contribution < -0.4 is 19.5 Å². The molecule has 1 saturated heterocycles. The Bertz CT molecular complexity index is 1130. The summed E-state index contributed by atoms with van der Waals surface area (Å²) in [5.74, 6) is 1.78. The molecule has 2 aliphatic rings. The Balaban J connectivity index is 1.41. The smallest absolute Gasteiger partial charge is 0.243 e. The highest BCUT2D eigenvalue weighted by atomic mass is 32.2. The molecule has 1 N–H and O–H groups in total. The number of fused-ring (bicyclic) bond motifs is 1. The van der Waals surface area contributed by atoms with Crippen molar-refractivity contribution >= 4 is 15.9 Å². The molecule has 1 amide bonds. The highest BCUT2D eigenvalue weighted by molar-refractivity contribution is 7.89. The topological polar surface area (TPSA) is 103 Å². The van der Waals surface area contributed by atoms with Crippen molar-refractivity contribution in [2.24, 2.45) is 0 Å². The van der Waals surface area contributed by atoms with Gasteiger partial charge in [-0.3, -0.25) is 4.79 Å². The van der Waals surface area contributed by atoms with Crippen molar-refractivity contribution in [1.82, 2.24) is 9.62 Å². The second-order valence-corrected chi connectivity index (χ2v) is 10.1. The van der Waals surface area contributed by atoms with E-state index in [0.29, 0.717) is 68.7 Å². The lowest BCUT2D eigenvalue weighted by Gasteiger charge is -2.26. The van der Waals surface area contributed by atoms with Crippen molar-refractivity contribution in [2.45, 2.75) is 30.7 Å². The van der Waals surface area contributed by atoms with Gasteiger partial charge in [-0.05, 0) is 54.8 Å². The summed E-state index contributed by atoms with van der Waals surface area (Å²) in [5, 5.41) is 2.99. The summed E-state index contributed by atoms with van der Waals surface area (Å²) in [6, 6.07) is 10.2. The van der Waals surface area contributed by atoms with Gasteiger partial charge in [-0.2, -0.15) is 4.31 Å². The van der Waals surface area contributed by atoms with Gasteiger partial charge in [-0.15, -0.1) is 0 Å². The molecule has 0 aliphatic carbocycles. The van der Waals surface area contributed by atoms with Crippen LogP contribution in [-0.4, -0.2) is 65.3 Å². The van der Waals surface area contributed by atoms with Crippen LogP contribution in [0.25, 0.3) is 0 Å². The van der Waals surface area contributed by atoms with Gasteiger partial charge < -0.3 is 24.3 Å². The van der Waals surface area contributed by atoms with E-state index < -0.39 is 10.0 Å². The molecule has 2 aromatic rings. The molecular formula is C24H30N2O7S. The number of sulfonamides is 1. The molecule has 184 valence electrons. The van der Waals surface area contributed by atoms with Crippen LogP contribution in [0.5, 0.6) is 17.2 Å². The molecule has 10 heteroatoms. The van der Waals surface area contributed by atoms with Crippen LogP contribution in [0.15, 0.2) is 41.3 Å². The molecule has 1 atom stereocenters. The van der Waals surface area contributed by atoms with Crippen molar-refractivity contribution in [3.63, 3.8) is 0 Å². The van der Waals surface area contributed by atoms with Crippen LogP contribution >= 0.6 is 0 Å². The summed E-state index contributed by atoms with van der Waals surface area (Å²) in [6.45, 7) is 4.33. The van der Waals surface area contributed by atoms with Gasteiger partial charge in [-0.1, -0.05) is 6.07 Å². The zero-order chi connectivity index (χ0) is 24.1. The lowest BCUT2D eigenvalue weighted by molar-refractivity contribution is -0.121. The van der Waals surface area contributed by atoms with E-state index in [1.807, 2.05) is 25.1 Å². The van der Waals surface area contributed by atoms with E-state index in [9.17, 15) is 13.2 Å². The van der Waals surface area contributed by atoms with E-state index in [1.54, 1.807) is 12.1 Å². The molecule has 34 heavy (non-hydrogen) atoms. The molecular weight excluding hydrogens is 460 g/mol. The van der Waals surface area contributed by atoms with Gasteiger partial charge in [0.15, 0.2) is 11.5 Å².